The molecule has 3 aromatic carbocycles. The van der Waals surface area contributed by atoms with Gasteiger partial charge in [0.2, 0.25) is 70.9 Å². The summed E-state index contributed by atoms with van der Waals surface area (Å²) in [5, 5.41) is 8.67. The predicted octanol–water partition coefficient (Wildman–Crippen LogP) is 4.04. The molecule has 0 radical (unpaired) electrons. The van der Waals surface area contributed by atoms with Crippen molar-refractivity contribution in [1.29, 1.82) is 0 Å². The molecule has 28 heteroatoms. The molecule has 0 spiro atoms. The zero-order valence-corrected chi connectivity index (χ0v) is 59.0. The largest absolute Gasteiger partial charge is 0.416 e. The first-order valence-corrected chi connectivity index (χ1v) is 33.7. The van der Waals surface area contributed by atoms with Gasteiger partial charge in [-0.3, -0.25) is 57.5 Å². The van der Waals surface area contributed by atoms with Crippen molar-refractivity contribution >= 4 is 82.5 Å². The quantitative estimate of drug-likeness (QED) is 0.232. The summed E-state index contributed by atoms with van der Waals surface area (Å²) in [7, 11) is 9.47. The van der Waals surface area contributed by atoms with Crippen molar-refractivity contribution in [2.24, 2.45) is 11.8 Å². The van der Waals surface area contributed by atoms with Crippen molar-refractivity contribution in [2.45, 2.75) is 160 Å². The summed E-state index contributed by atoms with van der Waals surface area (Å²) in [6.45, 7) is 7.42. The number of likely N-dealkylation sites (N-methyl/N-ethyl adjacent to an activating group) is 7. The highest BCUT2D eigenvalue weighted by molar-refractivity contribution is 6.30. The minimum absolute atomic E-state index is 0.00469. The minimum atomic E-state index is -4.64. The van der Waals surface area contributed by atoms with Crippen LogP contribution in [0.15, 0.2) is 78.9 Å². The molecule has 0 aromatic heterocycles. The monoisotopic (exact) mass is 1390 g/mol. The lowest BCUT2D eigenvalue weighted by atomic mass is 9.97. The number of carbonyl (C=O) groups excluding carboxylic acids is 12. The molecule has 3 aliphatic rings. The first kappa shape index (κ1) is 78.4. The number of carbonyl (C=O) groups is 12. The van der Waals surface area contributed by atoms with E-state index in [0.717, 1.165) is 36.6 Å². The third-order valence-corrected chi connectivity index (χ3v) is 19.2. The van der Waals surface area contributed by atoms with Crippen molar-refractivity contribution in [2.75, 3.05) is 88.6 Å². The van der Waals surface area contributed by atoms with Crippen molar-refractivity contribution in [3.63, 3.8) is 0 Å². The fourth-order valence-corrected chi connectivity index (χ4v) is 12.5. The molecule has 98 heavy (non-hydrogen) atoms. The van der Waals surface area contributed by atoms with Gasteiger partial charge in [-0.1, -0.05) is 100 Å². The van der Waals surface area contributed by atoms with E-state index in [-0.39, 0.29) is 51.0 Å². The Morgan fingerprint density at radius 2 is 1.13 bits per heavy atom. The van der Waals surface area contributed by atoms with Crippen molar-refractivity contribution < 1.29 is 70.7 Å². The van der Waals surface area contributed by atoms with Crippen molar-refractivity contribution in [3.8, 4) is 0 Å². The molecule has 9 atom stereocenters. The van der Waals surface area contributed by atoms with Gasteiger partial charge in [-0.25, -0.2) is 0 Å². The number of benzene rings is 3. The topological polar surface area (TPSA) is 270 Å². The second-order valence-electron chi connectivity index (χ2n) is 26.6. The lowest BCUT2D eigenvalue weighted by Gasteiger charge is -2.38. The van der Waals surface area contributed by atoms with Crippen LogP contribution in [-0.2, 0) is 83.0 Å². The Morgan fingerprint density at radius 1 is 0.571 bits per heavy atom. The number of hydrogen-bond acceptors (Lipinski definition) is 12. The fourth-order valence-electron chi connectivity index (χ4n) is 12.3. The van der Waals surface area contributed by atoms with Gasteiger partial charge in [-0.15, -0.1) is 0 Å². The van der Waals surface area contributed by atoms with Crippen LogP contribution in [0.4, 0.5) is 13.2 Å². The Hall–Kier alpha value is -8.62. The van der Waals surface area contributed by atoms with Gasteiger partial charge in [0.25, 0.3) is 0 Å². The Labute approximate surface area is 577 Å². The van der Waals surface area contributed by atoms with Crippen molar-refractivity contribution in [3.05, 3.63) is 106 Å². The van der Waals surface area contributed by atoms with E-state index in [0.29, 0.717) is 60.5 Å². The van der Waals surface area contributed by atoms with E-state index >= 15 is 19.2 Å². The molecule has 6 rings (SSSR count). The van der Waals surface area contributed by atoms with Gasteiger partial charge in [0.05, 0.1) is 31.6 Å². The molecule has 1 unspecified atom stereocenters. The Balaban J connectivity index is 1.42. The first-order valence-electron chi connectivity index (χ1n) is 33.4. The summed E-state index contributed by atoms with van der Waals surface area (Å²) in [4.78, 5) is 187. The van der Waals surface area contributed by atoms with Gasteiger partial charge in [0.15, 0.2) is 0 Å². The van der Waals surface area contributed by atoms with E-state index in [1.54, 1.807) is 68.4 Å². The summed E-state index contributed by atoms with van der Waals surface area (Å²) in [5.41, 5.74) is 0.648. The minimum Gasteiger partial charge on any atom is -0.343 e. The molecule has 536 valence electrons. The molecule has 3 fully saturated rings. The summed E-state index contributed by atoms with van der Waals surface area (Å²) in [6, 6.07) is 8.91. The molecular formula is C70H96ClF3N12O12. The molecule has 0 aliphatic carbocycles. The Bertz CT molecular complexity index is 3340. The molecular weight excluding hydrogens is 1290 g/mol. The highest BCUT2D eigenvalue weighted by atomic mass is 35.5. The smallest absolute Gasteiger partial charge is 0.343 e. The Kier molecular flexibility index (Phi) is 28.2. The molecule has 3 N–H and O–H groups in total. The molecule has 12 amide bonds. The van der Waals surface area contributed by atoms with Crippen LogP contribution in [-0.4, -0.2) is 252 Å². The van der Waals surface area contributed by atoms with E-state index in [1.165, 1.54) is 88.0 Å². The molecule has 3 aliphatic heterocycles. The zero-order valence-electron chi connectivity index (χ0n) is 58.2. The van der Waals surface area contributed by atoms with Crippen molar-refractivity contribution in [1.82, 2.24) is 60.0 Å². The average Bonchev–Trinajstić information content (AvgIpc) is 1.44. The second-order valence-corrected chi connectivity index (χ2v) is 27.1. The van der Waals surface area contributed by atoms with Gasteiger partial charge < -0.3 is 60.0 Å². The Morgan fingerprint density at radius 3 is 1.72 bits per heavy atom. The van der Waals surface area contributed by atoms with E-state index in [1.807, 2.05) is 13.8 Å². The molecule has 24 nitrogen and oxygen atoms in total. The number of amides is 12. The number of nitrogens with one attached hydrogen (secondary N) is 3. The van der Waals surface area contributed by atoms with E-state index in [4.69, 9.17) is 11.6 Å². The molecule has 0 saturated carbocycles. The van der Waals surface area contributed by atoms with Crippen LogP contribution in [0, 0.1) is 11.8 Å². The second kappa shape index (κ2) is 35.2. The normalized spacial score (nSPS) is 24.3. The van der Waals surface area contributed by atoms with Gasteiger partial charge in [0.1, 0.15) is 48.3 Å². The number of likely N-dealkylation sites (tertiary alicyclic amines) is 1. The van der Waals surface area contributed by atoms with Crippen LogP contribution in [0.3, 0.4) is 0 Å². The lowest BCUT2D eigenvalue weighted by molar-refractivity contribution is -0.152. The maximum absolute atomic E-state index is 15.4. The third-order valence-electron chi connectivity index (χ3n) is 19.0. The molecule has 3 aromatic rings. The summed E-state index contributed by atoms with van der Waals surface area (Å²) < 4.78 is 41.1. The van der Waals surface area contributed by atoms with Crippen LogP contribution in [0.25, 0.3) is 0 Å². The summed E-state index contributed by atoms with van der Waals surface area (Å²) in [5.74, 6) is -9.41. The average molecular weight is 1390 g/mol. The third kappa shape index (κ3) is 20.7. The van der Waals surface area contributed by atoms with Gasteiger partial charge in [-0.05, 0) is 105 Å². The number of halogens is 4. The maximum Gasteiger partial charge on any atom is 0.416 e. The van der Waals surface area contributed by atoms with Crippen LogP contribution in [0.5, 0.6) is 0 Å². The number of hydrogen-bond donors (Lipinski definition) is 3. The van der Waals surface area contributed by atoms with E-state index in [2.05, 4.69) is 16.0 Å². The number of nitrogens with zero attached hydrogens (tertiary/aromatic N) is 9. The van der Waals surface area contributed by atoms with E-state index < -0.39 is 163 Å². The van der Waals surface area contributed by atoms with Crippen LogP contribution >= 0.6 is 11.6 Å². The summed E-state index contributed by atoms with van der Waals surface area (Å²) >= 11 is 6.22. The number of aryl methyl sites for hydroxylation is 1. The summed E-state index contributed by atoms with van der Waals surface area (Å²) in [6.07, 6.45) is -3.53. The first-order chi connectivity index (χ1) is 46.1. The number of fused-ring (bicyclic) bond motifs is 1. The number of alkyl halides is 3. The van der Waals surface area contributed by atoms with Gasteiger partial charge in [-0.2, -0.15) is 13.2 Å². The van der Waals surface area contributed by atoms with Crippen LogP contribution < -0.4 is 16.0 Å². The van der Waals surface area contributed by atoms with Crippen LogP contribution in [0.1, 0.15) is 108 Å². The SMILES string of the molecule is CC[C@H](C)[C@@H]1NC(=O)[C@H](C)N(C)C(=O)C[C@@H](C(=O)N2CCCC2)NC(=O)[C@H](CC(C)C)N(C)C(=O)[C@H](Cc2ccccc2)N(C)C(=O)C2CCCN2C(=O)[C@H](CCc2ccc(C(F)(F)F)cc2)NC(=O)CN(C)C(=O)[C@H](Cc2ccc(Cl)cc2)N(C)C(=O)CN(C)C(=O)CN(C)C1=O. The maximum atomic E-state index is 15.4. The highest BCUT2D eigenvalue weighted by Gasteiger charge is 2.45. The van der Waals surface area contributed by atoms with Crippen LogP contribution in [0.2, 0.25) is 5.02 Å². The zero-order chi connectivity index (χ0) is 72.6. The van der Waals surface area contributed by atoms with E-state index in [9.17, 15) is 51.5 Å². The molecule has 0 bridgehead atoms. The molecule has 3 heterocycles. The molecule has 3 saturated heterocycles. The highest BCUT2D eigenvalue weighted by Crippen LogP contribution is 2.30. The van der Waals surface area contributed by atoms with Gasteiger partial charge >= 0.3 is 6.18 Å². The standard InChI is InChI=1S/C70H96ClF3N12O12/c1-13-44(4)61-69(98)80(8)41-59(89)78(6)42-60(90)82(10)55(38-48-25-30-50(71)31-26-48)66(95)79(7)40-57(87)75-51(32-27-46-23-28-49(29-24-46)70(72,73)74)65(94)86-35-19-22-53(86)67(96)84(12)56(37-47-20-15-14-16-21-47)68(97)83(11)54(36-43(2)3)63(92)76-52(64(93)85-33-17-18-34-85)39-58(88)81(9)45(5)62(91)77-61/h14-16,20-21,23-26,28-31,43-45,51-56,61H,13,17-19,22,27,32-42H2,1-12H3,(H,75,87)(H,76,92)(H,77,91)/t44-,45-,51-,52-,53?,54-,55-,56-,61-/m0/s1. The van der Waals surface area contributed by atoms with Gasteiger partial charge in [0, 0.05) is 86.8 Å². The number of rotatable bonds is 12. The predicted molar refractivity (Wildman–Crippen MR) is 360 cm³/mol. The lowest BCUT2D eigenvalue weighted by Crippen LogP contribution is -2.60. The fraction of sp³-hybridized carbons (Fsp3) is 0.571.